The van der Waals surface area contributed by atoms with Gasteiger partial charge in [-0.2, -0.15) is 10.4 Å². The van der Waals surface area contributed by atoms with E-state index in [2.05, 4.69) is 18.1 Å². The van der Waals surface area contributed by atoms with Gasteiger partial charge in [-0.1, -0.05) is 19.8 Å². The van der Waals surface area contributed by atoms with Crippen molar-refractivity contribution in [1.29, 1.82) is 5.26 Å². The molecule has 0 amide bonds. The van der Waals surface area contributed by atoms with Crippen molar-refractivity contribution in [2.75, 3.05) is 0 Å². The SMILES string of the molecule is Cn1cc(C#N)c(CC2(C)CCCC2)n1. The predicted octanol–water partition coefficient (Wildman–Crippen LogP) is 2.41. The van der Waals surface area contributed by atoms with Crippen LogP contribution in [0.25, 0.3) is 0 Å². The quantitative estimate of drug-likeness (QED) is 0.740. The maximum atomic E-state index is 8.99. The molecule has 0 saturated heterocycles. The summed E-state index contributed by atoms with van der Waals surface area (Å²) in [7, 11) is 1.88. The van der Waals surface area contributed by atoms with Crippen molar-refractivity contribution < 1.29 is 0 Å². The smallest absolute Gasteiger partial charge is 0.103 e. The highest BCUT2D eigenvalue weighted by atomic mass is 15.2. The summed E-state index contributed by atoms with van der Waals surface area (Å²) in [6.45, 7) is 2.32. The van der Waals surface area contributed by atoms with E-state index in [1.807, 2.05) is 13.2 Å². The van der Waals surface area contributed by atoms with Crippen molar-refractivity contribution in [2.45, 2.75) is 39.0 Å². The fourth-order valence-corrected chi connectivity index (χ4v) is 2.57. The van der Waals surface area contributed by atoms with Gasteiger partial charge in [-0.3, -0.25) is 4.68 Å². The van der Waals surface area contributed by atoms with E-state index < -0.39 is 0 Å². The molecule has 0 bridgehead atoms. The Morgan fingerprint density at radius 1 is 1.53 bits per heavy atom. The monoisotopic (exact) mass is 203 g/mol. The molecule has 0 spiro atoms. The lowest BCUT2D eigenvalue weighted by Crippen LogP contribution is -2.15. The lowest BCUT2D eigenvalue weighted by atomic mass is 9.83. The van der Waals surface area contributed by atoms with E-state index >= 15 is 0 Å². The Kier molecular flexibility index (Phi) is 2.52. The van der Waals surface area contributed by atoms with Gasteiger partial charge in [0.25, 0.3) is 0 Å². The Labute approximate surface area is 90.7 Å². The van der Waals surface area contributed by atoms with Crippen LogP contribution in [0.3, 0.4) is 0 Å². The van der Waals surface area contributed by atoms with E-state index in [0.717, 1.165) is 17.7 Å². The Morgan fingerprint density at radius 2 is 2.20 bits per heavy atom. The summed E-state index contributed by atoms with van der Waals surface area (Å²) in [5, 5.41) is 13.4. The number of nitrogens with zero attached hydrogens (tertiary/aromatic N) is 3. The van der Waals surface area contributed by atoms with E-state index in [4.69, 9.17) is 5.26 Å². The Hall–Kier alpha value is -1.30. The first-order chi connectivity index (χ1) is 7.13. The first-order valence-electron chi connectivity index (χ1n) is 5.56. The molecular formula is C12H17N3. The van der Waals surface area contributed by atoms with Gasteiger partial charge in [-0.25, -0.2) is 0 Å². The summed E-state index contributed by atoms with van der Waals surface area (Å²) in [6.07, 6.45) is 7.96. The zero-order valence-electron chi connectivity index (χ0n) is 9.45. The van der Waals surface area contributed by atoms with Crippen molar-refractivity contribution in [1.82, 2.24) is 9.78 Å². The number of rotatable bonds is 2. The molecule has 1 aliphatic rings. The van der Waals surface area contributed by atoms with Gasteiger partial charge < -0.3 is 0 Å². The molecule has 0 atom stereocenters. The molecule has 3 nitrogen and oxygen atoms in total. The normalized spacial score (nSPS) is 19.0. The molecule has 0 aliphatic heterocycles. The molecule has 2 rings (SSSR count). The van der Waals surface area contributed by atoms with Crippen LogP contribution in [-0.2, 0) is 13.5 Å². The third-order valence-corrected chi connectivity index (χ3v) is 3.43. The lowest BCUT2D eigenvalue weighted by Gasteiger charge is -2.21. The van der Waals surface area contributed by atoms with Gasteiger partial charge in [0, 0.05) is 13.2 Å². The highest BCUT2D eigenvalue weighted by molar-refractivity contribution is 5.31. The number of aryl methyl sites for hydroxylation is 1. The molecule has 1 aromatic heterocycles. The molecule has 1 saturated carbocycles. The van der Waals surface area contributed by atoms with Crippen LogP contribution in [0, 0.1) is 16.7 Å². The van der Waals surface area contributed by atoms with Gasteiger partial charge in [0.1, 0.15) is 6.07 Å². The fraction of sp³-hybridized carbons (Fsp3) is 0.667. The molecule has 1 heterocycles. The van der Waals surface area contributed by atoms with Crippen LogP contribution in [0.5, 0.6) is 0 Å². The number of nitriles is 1. The maximum absolute atomic E-state index is 8.99. The zero-order chi connectivity index (χ0) is 10.9. The molecule has 1 aliphatic carbocycles. The molecule has 3 heteroatoms. The van der Waals surface area contributed by atoms with Crippen molar-refractivity contribution in [2.24, 2.45) is 12.5 Å². The first kappa shape index (κ1) is 10.2. The molecule has 80 valence electrons. The molecule has 0 unspecified atom stereocenters. The zero-order valence-corrected chi connectivity index (χ0v) is 9.45. The second-order valence-corrected chi connectivity index (χ2v) is 4.97. The number of aromatic nitrogens is 2. The van der Waals surface area contributed by atoms with Crippen LogP contribution in [0.4, 0.5) is 0 Å². The van der Waals surface area contributed by atoms with Crippen LogP contribution < -0.4 is 0 Å². The fourth-order valence-electron chi connectivity index (χ4n) is 2.57. The Morgan fingerprint density at radius 3 is 2.80 bits per heavy atom. The van der Waals surface area contributed by atoms with Gasteiger partial charge in [-0.05, 0) is 24.7 Å². The second kappa shape index (κ2) is 3.69. The second-order valence-electron chi connectivity index (χ2n) is 4.97. The lowest BCUT2D eigenvalue weighted by molar-refractivity contribution is 0.330. The largest absolute Gasteiger partial charge is 0.274 e. The van der Waals surface area contributed by atoms with Crippen LogP contribution in [0.15, 0.2) is 6.20 Å². The minimum atomic E-state index is 0.375. The number of hydrogen-bond donors (Lipinski definition) is 0. The summed E-state index contributed by atoms with van der Waals surface area (Å²) in [6, 6.07) is 2.22. The summed E-state index contributed by atoms with van der Waals surface area (Å²) >= 11 is 0. The Balaban J connectivity index is 2.20. The average molecular weight is 203 g/mol. The average Bonchev–Trinajstić information content (AvgIpc) is 2.73. The molecule has 0 radical (unpaired) electrons. The summed E-state index contributed by atoms with van der Waals surface area (Å²) in [5.74, 6) is 0. The molecule has 15 heavy (non-hydrogen) atoms. The van der Waals surface area contributed by atoms with E-state index in [0.29, 0.717) is 5.41 Å². The van der Waals surface area contributed by atoms with Gasteiger partial charge >= 0.3 is 0 Å². The van der Waals surface area contributed by atoms with Crippen LogP contribution in [0.1, 0.15) is 43.9 Å². The first-order valence-corrected chi connectivity index (χ1v) is 5.56. The van der Waals surface area contributed by atoms with Gasteiger partial charge in [0.15, 0.2) is 0 Å². The Bertz CT molecular complexity index is 391. The van der Waals surface area contributed by atoms with Crippen molar-refractivity contribution in [3.8, 4) is 6.07 Å². The number of hydrogen-bond acceptors (Lipinski definition) is 2. The maximum Gasteiger partial charge on any atom is 0.103 e. The van der Waals surface area contributed by atoms with E-state index in [1.54, 1.807) is 4.68 Å². The molecule has 0 N–H and O–H groups in total. The highest BCUT2D eigenvalue weighted by Gasteiger charge is 2.30. The summed E-state index contributed by atoms with van der Waals surface area (Å²) < 4.78 is 1.74. The third kappa shape index (κ3) is 2.04. The predicted molar refractivity (Wildman–Crippen MR) is 58.2 cm³/mol. The minimum absolute atomic E-state index is 0.375. The third-order valence-electron chi connectivity index (χ3n) is 3.43. The van der Waals surface area contributed by atoms with Crippen molar-refractivity contribution >= 4 is 0 Å². The van der Waals surface area contributed by atoms with Gasteiger partial charge in [0.05, 0.1) is 11.3 Å². The molecule has 1 aromatic rings. The van der Waals surface area contributed by atoms with Gasteiger partial charge in [0.2, 0.25) is 0 Å². The van der Waals surface area contributed by atoms with Crippen LogP contribution in [0.2, 0.25) is 0 Å². The van der Waals surface area contributed by atoms with Crippen LogP contribution >= 0.6 is 0 Å². The highest BCUT2D eigenvalue weighted by Crippen LogP contribution is 2.40. The van der Waals surface area contributed by atoms with E-state index in [9.17, 15) is 0 Å². The van der Waals surface area contributed by atoms with E-state index in [-0.39, 0.29) is 0 Å². The van der Waals surface area contributed by atoms with Gasteiger partial charge in [-0.15, -0.1) is 0 Å². The summed E-state index contributed by atoms with van der Waals surface area (Å²) in [4.78, 5) is 0. The topological polar surface area (TPSA) is 41.6 Å². The van der Waals surface area contributed by atoms with Crippen molar-refractivity contribution in [3.05, 3.63) is 17.5 Å². The minimum Gasteiger partial charge on any atom is -0.274 e. The van der Waals surface area contributed by atoms with E-state index in [1.165, 1.54) is 25.7 Å². The molecule has 0 aromatic carbocycles. The van der Waals surface area contributed by atoms with Crippen LogP contribution in [-0.4, -0.2) is 9.78 Å². The van der Waals surface area contributed by atoms with Crippen molar-refractivity contribution in [3.63, 3.8) is 0 Å². The molecular weight excluding hydrogens is 186 g/mol. The standard InChI is InChI=1S/C12H17N3/c1-12(5-3-4-6-12)7-11-10(8-13)9-15(2)14-11/h9H,3-7H2,1-2H3. The molecule has 1 fully saturated rings. The summed E-state index contributed by atoms with van der Waals surface area (Å²) in [5.41, 5.74) is 2.09.